The Morgan fingerprint density at radius 1 is 1.29 bits per heavy atom. The maximum Gasteiger partial charge on any atom is 0.230 e. The average Bonchev–Trinajstić information content (AvgIpc) is 2.67. The largest absolute Gasteiger partial charge is 0.302 e. The summed E-state index contributed by atoms with van der Waals surface area (Å²) in [5.41, 5.74) is 2.21. The summed E-state index contributed by atoms with van der Waals surface area (Å²) in [6.07, 6.45) is 2.14. The molecule has 0 aliphatic carbocycles. The van der Waals surface area contributed by atoms with Crippen LogP contribution >= 0.6 is 11.3 Å². The second-order valence-electron chi connectivity index (χ2n) is 3.99. The van der Waals surface area contributed by atoms with Crippen molar-refractivity contribution in [2.24, 2.45) is 0 Å². The van der Waals surface area contributed by atoms with Gasteiger partial charge in [0.1, 0.15) is 0 Å². The van der Waals surface area contributed by atoms with Crippen LogP contribution in [0.1, 0.15) is 16.0 Å². The summed E-state index contributed by atoms with van der Waals surface area (Å²) in [6.45, 7) is 4.00. The fourth-order valence-electron chi connectivity index (χ4n) is 1.47. The molecule has 1 aromatic carbocycles. The molecule has 0 radical (unpaired) electrons. The third-order valence-corrected chi connectivity index (χ3v) is 3.18. The highest BCUT2D eigenvalue weighted by Crippen LogP contribution is 2.16. The van der Waals surface area contributed by atoms with Crippen LogP contribution in [0.2, 0.25) is 0 Å². The minimum Gasteiger partial charge on any atom is -0.302 e. The van der Waals surface area contributed by atoms with E-state index < -0.39 is 0 Å². The number of aromatic nitrogens is 1. The molecule has 0 bridgehead atoms. The molecule has 0 aliphatic rings. The smallest absolute Gasteiger partial charge is 0.230 e. The molecule has 0 spiro atoms. The van der Waals surface area contributed by atoms with Gasteiger partial charge in [0.25, 0.3) is 0 Å². The first-order valence-electron chi connectivity index (χ1n) is 5.41. The number of carbonyl (C=O) groups excluding carboxylic acids is 1. The molecule has 1 N–H and O–H groups in total. The van der Waals surface area contributed by atoms with Crippen LogP contribution in [0.3, 0.4) is 0 Å². The molecule has 0 unspecified atom stereocenters. The Morgan fingerprint density at radius 2 is 2.00 bits per heavy atom. The third kappa shape index (κ3) is 3.39. The minimum absolute atomic E-state index is 0.0248. The number of nitrogens with one attached hydrogen (secondary N) is 1. The molecule has 0 fully saturated rings. The van der Waals surface area contributed by atoms with Crippen molar-refractivity contribution in [3.05, 3.63) is 46.5 Å². The number of rotatable bonds is 3. The summed E-state index contributed by atoms with van der Waals surface area (Å²) in [7, 11) is 0. The van der Waals surface area contributed by atoms with E-state index in [4.69, 9.17) is 0 Å². The number of anilines is 1. The van der Waals surface area contributed by atoms with Gasteiger partial charge in [0.15, 0.2) is 5.13 Å². The van der Waals surface area contributed by atoms with E-state index in [1.54, 1.807) is 6.20 Å². The molecule has 1 aromatic heterocycles. The fraction of sp³-hybridized carbons (Fsp3) is 0.231. The lowest BCUT2D eigenvalue weighted by Crippen LogP contribution is -2.14. The number of hydrogen-bond acceptors (Lipinski definition) is 3. The summed E-state index contributed by atoms with van der Waals surface area (Å²) in [5.74, 6) is -0.0248. The molecule has 0 saturated carbocycles. The zero-order valence-corrected chi connectivity index (χ0v) is 10.7. The first kappa shape index (κ1) is 11.8. The van der Waals surface area contributed by atoms with E-state index in [0.29, 0.717) is 11.6 Å². The van der Waals surface area contributed by atoms with Gasteiger partial charge in [-0.05, 0) is 19.4 Å². The molecular weight excluding hydrogens is 232 g/mol. The van der Waals surface area contributed by atoms with Crippen molar-refractivity contribution in [1.82, 2.24) is 4.98 Å². The van der Waals surface area contributed by atoms with Crippen molar-refractivity contribution >= 4 is 22.4 Å². The van der Waals surface area contributed by atoms with E-state index in [2.05, 4.69) is 10.3 Å². The van der Waals surface area contributed by atoms with E-state index in [1.807, 2.05) is 38.1 Å². The van der Waals surface area contributed by atoms with Crippen molar-refractivity contribution in [1.29, 1.82) is 0 Å². The van der Waals surface area contributed by atoms with Crippen molar-refractivity contribution in [2.45, 2.75) is 20.3 Å². The third-order valence-electron chi connectivity index (χ3n) is 2.35. The highest BCUT2D eigenvalue weighted by atomic mass is 32.1. The molecule has 1 amide bonds. The van der Waals surface area contributed by atoms with Gasteiger partial charge in [0, 0.05) is 11.1 Å². The molecule has 2 aromatic rings. The Bertz CT molecular complexity index is 516. The van der Waals surface area contributed by atoms with Crippen LogP contribution in [0.15, 0.2) is 30.5 Å². The van der Waals surface area contributed by atoms with Crippen LogP contribution in [0, 0.1) is 13.8 Å². The Morgan fingerprint density at radius 3 is 2.59 bits per heavy atom. The van der Waals surface area contributed by atoms with Crippen molar-refractivity contribution in [3.8, 4) is 0 Å². The van der Waals surface area contributed by atoms with Crippen LogP contribution in [0.5, 0.6) is 0 Å². The molecular formula is C13H14N2OS. The number of nitrogens with zero attached hydrogens (tertiary/aromatic N) is 1. The lowest BCUT2D eigenvalue weighted by atomic mass is 10.1. The zero-order chi connectivity index (χ0) is 12.3. The topological polar surface area (TPSA) is 42.0 Å². The van der Waals surface area contributed by atoms with Gasteiger partial charge in [-0.3, -0.25) is 4.79 Å². The molecule has 88 valence electrons. The number of aryl methyl sites for hydroxylation is 2. The number of benzene rings is 1. The average molecular weight is 246 g/mol. The monoisotopic (exact) mass is 246 g/mol. The van der Waals surface area contributed by atoms with Gasteiger partial charge in [-0.2, -0.15) is 0 Å². The number of hydrogen-bond donors (Lipinski definition) is 1. The summed E-state index contributed by atoms with van der Waals surface area (Å²) < 4.78 is 0. The molecule has 4 heteroatoms. The SMILES string of the molecule is Cc1ccc(CC(=O)Nc2ncc(C)s2)cc1. The molecule has 1 heterocycles. The first-order valence-corrected chi connectivity index (χ1v) is 6.23. The van der Waals surface area contributed by atoms with E-state index in [0.717, 1.165) is 10.4 Å². The lowest BCUT2D eigenvalue weighted by molar-refractivity contribution is -0.115. The molecule has 0 atom stereocenters. The highest BCUT2D eigenvalue weighted by Gasteiger charge is 2.06. The van der Waals surface area contributed by atoms with Crippen LogP contribution in [-0.2, 0) is 11.2 Å². The second-order valence-corrected chi connectivity index (χ2v) is 5.22. The van der Waals surface area contributed by atoms with Gasteiger partial charge >= 0.3 is 0 Å². The predicted octanol–water partition coefficient (Wildman–Crippen LogP) is 2.94. The quantitative estimate of drug-likeness (QED) is 0.904. The predicted molar refractivity (Wildman–Crippen MR) is 70.4 cm³/mol. The summed E-state index contributed by atoms with van der Waals surface area (Å²) >= 11 is 1.49. The summed E-state index contributed by atoms with van der Waals surface area (Å²) in [5, 5.41) is 3.46. The van der Waals surface area contributed by atoms with Gasteiger partial charge in [-0.15, -0.1) is 11.3 Å². The highest BCUT2D eigenvalue weighted by molar-refractivity contribution is 7.15. The Labute approximate surface area is 105 Å². The van der Waals surface area contributed by atoms with Gasteiger partial charge in [0.05, 0.1) is 6.42 Å². The molecule has 0 aliphatic heterocycles. The van der Waals surface area contributed by atoms with E-state index >= 15 is 0 Å². The van der Waals surface area contributed by atoms with Crippen molar-refractivity contribution < 1.29 is 4.79 Å². The maximum absolute atomic E-state index is 11.7. The van der Waals surface area contributed by atoms with Gasteiger partial charge in [0.2, 0.25) is 5.91 Å². The number of carbonyl (C=O) groups is 1. The Kier molecular flexibility index (Phi) is 3.54. The van der Waals surface area contributed by atoms with Crippen LogP contribution < -0.4 is 5.32 Å². The second kappa shape index (κ2) is 5.10. The van der Waals surface area contributed by atoms with Crippen LogP contribution in [-0.4, -0.2) is 10.9 Å². The summed E-state index contributed by atoms with van der Waals surface area (Å²) in [4.78, 5) is 16.9. The maximum atomic E-state index is 11.7. The normalized spacial score (nSPS) is 10.2. The molecule has 3 nitrogen and oxygen atoms in total. The fourth-order valence-corrected chi connectivity index (χ4v) is 2.15. The minimum atomic E-state index is -0.0248. The van der Waals surface area contributed by atoms with E-state index in [-0.39, 0.29) is 5.91 Å². The number of amides is 1. The molecule has 2 rings (SSSR count). The Balaban J connectivity index is 1.95. The van der Waals surface area contributed by atoms with E-state index in [9.17, 15) is 4.79 Å². The van der Waals surface area contributed by atoms with Crippen LogP contribution in [0.4, 0.5) is 5.13 Å². The first-order chi connectivity index (χ1) is 8.13. The number of thiazole rings is 1. The lowest BCUT2D eigenvalue weighted by Gasteiger charge is -2.02. The van der Waals surface area contributed by atoms with Gasteiger partial charge in [-0.1, -0.05) is 29.8 Å². The van der Waals surface area contributed by atoms with Crippen molar-refractivity contribution in [3.63, 3.8) is 0 Å². The Hall–Kier alpha value is -1.68. The van der Waals surface area contributed by atoms with E-state index in [1.165, 1.54) is 16.9 Å². The van der Waals surface area contributed by atoms with Crippen molar-refractivity contribution in [2.75, 3.05) is 5.32 Å². The zero-order valence-electron chi connectivity index (χ0n) is 9.86. The van der Waals surface area contributed by atoms with Gasteiger partial charge in [-0.25, -0.2) is 4.98 Å². The standard InChI is InChI=1S/C13H14N2OS/c1-9-3-5-11(6-4-9)7-12(16)15-13-14-8-10(2)17-13/h3-6,8H,7H2,1-2H3,(H,14,15,16). The van der Waals surface area contributed by atoms with Gasteiger partial charge < -0.3 is 5.32 Å². The molecule has 0 saturated heterocycles. The van der Waals surface area contributed by atoms with Crippen LogP contribution in [0.25, 0.3) is 0 Å². The molecule has 17 heavy (non-hydrogen) atoms. The summed E-state index contributed by atoms with van der Waals surface area (Å²) in [6, 6.07) is 7.97.